The first kappa shape index (κ1) is 104. The van der Waals surface area contributed by atoms with E-state index in [-0.39, 0.29) is 187 Å². The zero-order valence-electron chi connectivity index (χ0n) is 80.4. The molecular formula is C85H154B4N16O24S4. The van der Waals surface area contributed by atoms with E-state index in [2.05, 4.69) is 102 Å². The van der Waals surface area contributed by atoms with Gasteiger partial charge in [-0.1, -0.05) is 81.1 Å². The Bertz CT molecular complexity index is 4840. The van der Waals surface area contributed by atoms with Crippen LogP contribution in [0.1, 0.15) is 219 Å². The second kappa shape index (κ2) is 36.4. The van der Waals surface area contributed by atoms with Crippen molar-refractivity contribution < 1.29 is 111 Å². The van der Waals surface area contributed by atoms with Crippen molar-refractivity contribution in [3.8, 4) is 0 Å². The van der Waals surface area contributed by atoms with Gasteiger partial charge in [0.1, 0.15) is 22.2 Å². The smallest absolute Gasteiger partial charge is 0.457 e. The topological polar surface area (TPSA) is 629 Å². The molecule has 8 aliphatic heterocycles. The van der Waals surface area contributed by atoms with Crippen LogP contribution in [-0.2, 0) is 97.3 Å². The Morgan fingerprint density at radius 1 is 0.414 bits per heavy atom. The Kier molecular flexibility index (Phi) is 28.5. The van der Waals surface area contributed by atoms with Crippen LogP contribution in [0, 0.1) is 92.7 Å². The Labute approximate surface area is 788 Å². The maximum Gasteiger partial charge on any atom is 0.457 e. The average molecular weight is 1960 g/mol. The van der Waals surface area contributed by atoms with Gasteiger partial charge in [0.05, 0.1) is 46.8 Å². The van der Waals surface area contributed by atoms with Crippen molar-refractivity contribution in [1.82, 2.24) is 36.1 Å². The van der Waals surface area contributed by atoms with Crippen molar-refractivity contribution in [2.75, 3.05) is 72.0 Å². The monoisotopic (exact) mass is 1960 g/mol. The van der Waals surface area contributed by atoms with Crippen molar-refractivity contribution in [3.05, 3.63) is 0 Å². The molecule has 0 aromatic heterocycles. The number of nitrogens with zero attached hydrogens (tertiary/aromatic N) is 4. The van der Waals surface area contributed by atoms with Crippen LogP contribution in [0.5, 0.6) is 0 Å². The number of hydrogen-bond donors (Lipinski definition) is 16. The predicted molar refractivity (Wildman–Crippen MR) is 498 cm³/mol. The van der Waals surface area contributed by atoms with Crippen molar-refractivity contribution in [2.45, 2.75) is 343 Å². The van der Waals surface area contributed by atoms with Crippen LogP contribution >= 0.6 is 0 Å². The molecule has 22 fully saturated rings. The molecule has 0 aromatic rings. The molecule has 24 N–H and O–H groups in total. The molecule has 22 rings (SSSR count). The highest BCUT2D eigenvalue weighted by Gasteiger charge is 2.73. The van der Waals surface area contributed by atoms with Crippen LogP contribution in [0.4, 0.5) is 0 Å². The van der Waals surface area contributed by atoms with E-state index in [1.807, 2.05) is 0 Å². The summed E-state index contributed by atoms with van der Waals surface area (Å²) in [5, 5.41) is 39.2. The molecule has 22 aliphatic rings. The number of carboxylic acid groups (broad SMARTS) is 4. The molecule has 0 spiro atoms. The summed E-state index contributed by atoms with van der Waals surface area (Å²) in [7, 11) is -16.7. The fourth-order valence-electron chi connectivity index (χ4n) is 27.3. The standard InChI is InChI=1S/C23H41BN4O6S.C21H37BN4O6S.C21H39BN4O6S.C20H37BN4O6S/c1-14(22(25)7-8-22)27-35(31,32)28-12-15(23(26,13-28)19(29)30)6-5-9-24-33-18-11-16-10-17(20(16,2)3)21(18,4)34-24;1-19(2)13-7-16(19)20(3)17(8-13)31-22(32-20)6-4-5-12-10-26(11-21(12,24)18(27)28)33(29,30)25-15-9-14(15)23;1-13(23)10-25-33(29,30)26-11-14(21(24,12-26)18(27)28)6-5-7-22-31-17-9-15-8-16(19(15,2)3)20(17,4)32-22;1-18(2)14-9-15(18)19(3)16(10-14)30-21(31-19)6-4-5-13-11-25(12-20(13,23)17(26)27)32(28,29)24-8-7-22/h14-18,27H,5-13,25-26H2,1-4H3,(H,29,30);12-17,25H,4-11,23-24H2,1-3H3,(H,27,28);13-17,25H,5-12,23-24H2,1-4H3,(H,27,28);13-16,24H,4-12,22-23H2,1-3H3,(H,26,27)/t14?,15-,16+,17+,18-,21+,23-;12-,13+,14?,15?,16+,17-,20+,21-;13?,14-,15+,16+,17-,20+,21-;13-,14+,15+,16-,19+,20-/m0000/s1. The molecule has 4 unspecified atom stereocenters. The molecule has 0 aromatic carbocycles. The summed E-state index contributed by atoms with van der Waals surface area (Å²) in [4.78, 5) is 48.0. The van der Waals surface area contributed by atoms with Crippen LogP contribution in [0.2, 0.25) is 25.3 Å². The number of hydrogen-bond acceptors (Lipinski definition) is 28. The minimum Gasteiger partial charge on any atom is -0.480 e. The molecule has 754 valence electrons. The van der Waals surface area contributed by atoms with E-state index in [1.165, 1.54) is 30.0 Å². The van der Waals surface area contributed by atoms with Gasteiger partial charge in [-0.25, -0.2) is 9.44 Å². The van der Waals surface area contributed by atoms with Gasteiger partial charge in [-0.2, -0.15) is 60.3 Å². The van der Waals surface area contributed by atoms with Crippen LogP contribution < -0.4 is 64.8 Å². The van der Waals surface area contributed by atoms with Crippen LogP contribution in [-0.4, -0.2) is 294 Å². The third-order valence-corrected chi connectivity index (χ3v) is 43.6. The summed E-state index contributed by atoms with van der Waals surface area (Å²) in [6.45, 7) is 30.2. The fourth-order valence-corrected chi connectivity index (χ4v) is 33.2. The largest absolute Gasteiger partial charge is 0.480 e. The number of nitrogens with one attached hydrogen (secondary N) is 4. The summed E-state index contributed by atoms with van der Waals surface area (Å²) >= 11 is 0. The van der Waals surface area contributed by atoms with Crippen LogP contribution in [0.15, 0.2) is 0 Å². The van der Waals surface area contributed by atoms with Crippen molar-refractivity contribution in [2.24, 2.45) is 139 Å². The molecule has 14 saturated carbocycles. The van der Waals surface area contributed by atoms with Crippen LogP contribution in [0.25, 0.3) is 0 Å². The van der Waals surface area contributed by atoms with Gasteiger partial charge in [-0.05, 0) is 232 Å². The zero-order chi connectivity index (χ0) is 97.5. The SMILES string of the molecule is CC(N)CNS(=O)(=O)N1C[C@H](CCCB2O[C@H]3C[C@H]4C[C@H](C4(C)C)[C@@]3(C)O2)[C@](N)(C(=O)O)C1.CC(NS(=O)(=O)N1C[C@H](CCCB2O[C@H]3C[C@H]4C[C@H](C4(C)C)[C@@]3(C)O2)[C@](N)(C(=O)O)C1)C1(N)CC1.CC1(C)[C@H]2C[C@@H]3OB(CCC[C@H]4CN(S(=O)(=O)NC5CC5N)C[C@@]4(N)C(=O)O)O[C@]3(C)[C@@H]1C2.CC1(C)[C@H]2C[C@@H]3OB(CCC[C@H]4CN(S(=O)(=O)NCCN)C[C@@]4(N)C(=O)O)O[C@]3(C)[C@@H]1C2. The molecule has 48 heteroatoms. The van der Waals surface area contributed by atoms with Gasteiger partial charge in [0.2, 0.25) is 0 Å². The molecule has 40 nitrogen and oxygen atoms in total. The molecule has 8 heterocycles. The predicted octanol–water partition coefficient (Wildman–Crippen LogP) is 1.46. The summed E-state index contributed by atoms with van der Waals surface area (Å²) < 4.78 is 167. The van der Waals surface area contributed by atoms with Gasteiger partial charge in [-0.3, -0.25) is 19.2 Å². The summed E-state index contributed by atoms with van der Waals surface area (Å²) in [6.07, 6.45) is 18.4. The number of carboxylic acids is 4. The molecule has 14 aliphatic carbocycles. The lowest BCUT2D eigenvalue weighted by Gasteiger charge is -2.64. The van der Waals surface area contributed by atoms with E-state index in [1.54, 1.807) is 13.8 Å². The summed E-state index contributed by atoms with van der Waals surface area (Å²) in [6, 6.07) is -1.26. The first-order valence-electron chi connectivity index (χ1n) is 48.9. The van der Waals surface area contributed by atoms with Gasteiger partial charge in [0, 0.05) is 125 Å². The molecule has 0 radical (unpaired) electrons. The second-order valence-corrected chi connectivity index (χ2v) is 53.8. The highest BCUT2D eigenvalue weighted by atomic mass is 32.2. The molecule has 28 atom stereocenters. The average Bonchev–Trinajstić information content (AvgIpc) is 1.63. The van der Waals surface area contributed by atoms with E-state index >= 15 is 0 Å². The zero-order valence-corrected chi connectivity index (χ0v) is 83.7. The first-order valence-corrected chi connectivity index (χ1v) is 54.7. The van der Waals surface area contributed by atoms with Crippen LogP contribution in [0.3, 0.4) is 0 Å². The van der Waals surface area contributed by atoms with E-state index in [0.717, 1.165) is 51.4 Å². The minimum atomic E-state index is -3.91. The van der Waals surface area contributed by atoms with Gasteiger partial charge in [0.15, 0.2) is 0 Å². The molecule has 8 saturated heterocycles. The van der Waals surface area contributed by atoms with Gasteiger partial charge in [-0.15, -0.1) is 0 Å². The number of nitrogens with two attached hydrogens (primary N) is 8. The lowest BCUT2D eigenvalue weighted by atomic mass is 9.43. The van der Waals surface area contributed by atoms with E-state index < -0.39 is 122 Å². The normalized spacial score (nSPS) is 42.6. The Morgan fingerprint density at radius 3 is 0.917 bits per heavy atom. The molecule has 0 amide bonds. The number of aliphatic carboxylic acids is 4. The minimum absolute atomic E-state index is 0.0573. The van der Waals surface area contributed by atoms with E-state index in [9.17, 15) is 73.3 Å². The Hall–Kier alpha value is -3.02. The third kappa shape index (κ3) is 19.0. The fraction of sp³-hybridized carbons (Fsp3) is 0.953. The van der Waals surface area contributed by atoms with Crippen molar-refractivity contribution in [3.63, 3.8) is 0 Å². The molecule has 133 heavy (non-hydrogen) atoms. The van der Waals surface area contributed by atoms with E-state index in [0.29, 0.717) is 130 Å². The lowest BCUT2D eigenvalue weighted by molar-refractivity contribution is -0.199. The summed E-state index contributed by atoms with van der Waals surface area (Å²) in [5.41, 5.74) is 40.9. The van der Waals surface area contributed by atoms with Gasteiger partial charge >= 0.3 is 52.4 Å². The Balaban J connectivity index is 0.000000135. The molecule has 8 bridgehead atoms. The Morgan fingerprint density at radius 2 is 0.677 bits per heavy atom. The number of rotatable bonds is 35. The quantitative estimate of drug-likeness (QED) is 0.0399. The van der Waals surface area contributed by atoms with Crippen molar-refractivity contribution in [1.29, 1.82) is 0 Å². The highest BCUT2D eigenvalue weighted by Crippen LogP contribution is 2.70. The molecular weight excluding hydrogens is 1800 g/mol. The second-order valence-electron chi connectivity index (χ2n) is 46.9. The lowest BCUT2D eigenvalue weighted by Crippen LogP contribution is -2.65. The maximum absolute atomic E-state index is 13.0. The van der Waals surface area contributed by atoms with E-state index in [4.69, 9.17) is 83.1 Å². The maximum atomic E-state index is 13.0. The first-order chi connectivity index (χ1) is 61.4. The summed E-state index contributed by atoms with van der Waals surface area (Å²) in [5.74, 6) is -2.08. The third-order valence-electron chi connectivity index (χ3n) is 37.5. The van der Waals surface area contributed by atoms with Gasteiger partial charge < -0.3 is 104 Å². The highest BCUT2D eigenvalue weighted by molar-refractivity contribution is 7.88. The van der Waals surface area contributed by atoms with Crippen molar-refractivity contribution >= 4 is 93.2 Å². The number of carbonyl (C=O) groups is 4. The van der Waals surface area contributed by atoms with Gasteiger partial charge in [0.25, 0.3) is 40.8 Å².